The van der Waals surface area contributed by atoms with Crippen molar-refractivity contribution in [2.45, 2.75) is 60.8 Å². The van der Waals surface area contributed by atoms with Crippen molar-refractivity contribution >= 4 is 18.0 Å². The summed E-state index contributed by atoms with van der Waals surface area (Å²) in [7, 11) is 1.46. The van der Waals surface area contributed by atoms with Gasteiger partial charge in [-0.25, -0.2) is 9.59 Å². The van der Waals surface area contributed by atoms with Gasteiger partial charge in [-0.1, -0.05) is 25.5 Å². The number of unbranched alkanes of at least 4 members (excludes halogenated alkanes) is 1. The first kappa shape index (κ1) is 25.5. The van der Waals surface area contributed by atoms with Gasteiger partial charge in [-0.15, -0.1) is 0 Å². The second-order valence-corrected chi connectivity index (χ2v) is 8.70. The predicted molar refractivity (Wildman–Crippen MR) is 132 cm³/mol. The highest BCUT2D eigenvalue weighted by Gasteiger charge is 2.27. The highest BCUT2D eigenvalue weighted by atomic mass is 16.7. The van der Waals surface area contributed by atoms with E-state index in [0.29, 0.717) is 29.9 Å². The number of allylic oxidation sites excluding steroid dienone is 1. The minimum atomic E-state index is -0.459. The minimum absolute atomic E-state index is 0.122. The van der Waals surface area contributed by atoms with E-state index in [1.807, 2.05) is 52.8 Å². The number of rotatable bonds is 9. The van der Waals surface area contributed by atoms with Crippen molar-refractivity contribution in [1.29, 1.82) is 0 Å². The van der Waals surface area contributed by atoms with Gasteiger partial charge in [0.2, 0.25) is 0 Å². The molecule has 0 heterocycles. The Labute approximate surface area is 201 Å². The molecule has 182 valence electrons. The third kappa shape index (κ3) is 4.87. The SMILES string of the molecule is CCCCOc1cc(C)c(C(=O)Oc2c(C)c(C)c(C(=O)OCOC)c(C)c2C)c2c1C=CC2. The van der Waals surface area contributed by atoms with Gasteiger partial charge in [0.1, 0.15) is 11.5 Å². The van der Waals surface area contributed by atoms with Crippen molar-refractivity contribution in [2.75, 3.05) is 20.5 Å². The highest BCUT2D eigenvalue weighted by molar-refractivity contribution is 5.98. The van der Waals surface area contributed by atoms with Crippen molar-refractivity contribution in [3.63, 3.8) is 0 Å². The lowest BCUT2D eigenvalue weighted by molar-refractivity contribution is -0.0126. The van der Waals surface area contributed by atoms with E-state index in [-0.39, 0.29) is 6.79 Å². The molecule has 0 aliphatic heterocycles. The van der Waals surface area contributed by atoms with Crippen molar-refractivity contribution in [3.8, 4) is 11.5 Å². The zero-order valence-electron chi connectivity index (χ0n) is 21.2. The Bertz CT molecular complexity index is 1110. The average Bonchev–Trinajstić information content (AvgIpc) is 3.29. The maximum absolute atomic E-state index is 13.5. The number of carbonyl (C=O) groups excluding carboxylic acids is 2. The lowest BCUT2D eigenvalue weighted by Crippen LogP contribution is -2.18. The van der Waals surface area contributed by atoms with Crippen LogP contribution in [0.1, 0.15) is 79.4 Å². The van der Waals surface area contributed by atoms with Gasteiger partial charge < -0.3 is 18.9 Å². The third-order valence-corrected chi connectivity index (χ3v) is 6.46. The first-order chi connectivity index (χ1) is 16.2. The van der Waals surface area contributed by atoms with Crippen LogP contribution < -0.4 is 9.47 Å². The summed E-state index contributed by atoms with van der Waals surface area (Å²) in [5.41, 5.74) is 6.64. The molecule has 0 N–H and O–H groups in total. The minimum Gasteiger partial charge on any atom is -0.493 e. The molecule has 0 bridgehead atoms. The van der Waals surface area contributed by atoms with E-state index in [0.717, 1.165) is 57.5 Å². The Balaban J connectivity index is 1.97. The Hall–Kier alpha value is -3.12. The van der Waals surface area contributed by atoms with Gasteiger partial charge in [0, 0.05) is 12.7 Å². The van der Waals surface area contributed by atoms with E-state index in [4.69, 9.17) is 18.9 Å². The van der Waals surface area contributed by atoms with Crippen LogP contribution in [0, 0.1) is 34.6 Å². The predicted octanol–water partition coefficient (Wildman–Crippen LogP) is 5.96. The molecule has 0 fully saturated rings. The number of hydrogen-bond acceptors (Lipinski definition) is 6. The smallest absolute Gasteiger partial charge is 0.344 e. The molecule has 0 spiro atoms. The molecule has 0 amide bonds. The molecule has 1 aliphatic rings. The molecule has 0 aromatic heterocycles. The molecule has 2 aromatic rings. The number of benzene rings is 2. The Morgan fingerprint density at radius 1 is 0.941 bits per heavy atom. The molecule has 1 aliphatic carbocycles. The number of carbonyl (C=O) groups is 2. The molecule has 34 heavy (non-hydrogen) atoms. The molecule has 6 heteroatoms. The van der Waals surface area contributed by atoms with Crippen LogP contribution in [0.2, 0.25) is 0 Å². The first-order valence-corrected chi connectivity index (χ1v) is 11.7. The standard InChI is InChI=1S/C28H34O6/c1-8-9-13-32-23-14-16(2)24(22-12-10-11-21(22)23)28(30)34-26-19(5)17(3)25(18(4)20(26)6)27(29)33-15-31-7/h10-11,14H,8-9,12-13,15H2,1-7H3. The molecular formula is C28H34O6. The Morgan fingerprint density at radius 2 is 1.62 bits per heavy atom. The van der Waals surface area contributed by atoms with Crippen molar-refractivity contribution in [1.82, 2.24) is 0 Å². The van der Waals surface area contributed by atoms with E-state index in [2.05, 4.69) is 6.92 Å². The zero-order valence-corrected chi connectivity index (χ0v) is 21.2. The topological polar surface area (TPSA) is 71.1 Å². The molecule has 0 atom stereocenters. The first-order valence-electron chi connectivity index (χ1n) is 11.7. The lowest BCUT2D eigenvalue weighted by atomic mass is 9.92. The fourth-order valence-corrected chi connectivity index (χ4v) is 4.35. The monoisotopic (exact) mass is 466 g/mol. The third-order valence-electron chi connectivity index (χ3n) is 6.46. The van der Waals surface area contributed by atoms with Crippen LogP contribution in [0.5, 0.6) is 11.5 Å². The van der Waals surface area contributed by atoms with Gasteiger partial charge in [0.25, 0.3) is 0 Å². The molecule has 0 radical (unpaired) electrons. The van der Waals surface area contributed by atoms with E-state index < -0.39 is 11.9 Å². The average molecular weight is 467 g/mol. The molecule has 0 unspecified atom stereocenters. The normalized spacial score (nSPS) is 12.0. The van der Waals surface area contributed by atoms with Crippen LogP contribution in [-0.2, 0) is 15.9 Å². The maximum Gasteiger partial charge on any atom is 0.344 e. The molecule has 3 rings (SSSR count). The van der Waals surface area contributed by atoms with Crippen LogP contribution in [0.4, 0.5) is 0 Å². The highest BCUT2D eigenvalue weighted by Crippen LogP contribution is 2.37. The van der Waals surface area contributed by atoms with E-state index in [9.17, 15) is 9.59 Å². The largest absolute Gasteiger partial charge is 0.493 e. The summed E-state index contributed by atoms with van der Waals surface area (Å²) in [4.78, 5) is 26.0. The maximum atomic E-state index is 13.5. The van der Waals surface area contributed by atoms with Gasteiger partial charge in [-0.3, -0.25) is 0 Å². The van der Waals surface area contributed by atoms with E-state index in [1.165, 1.54) is 7.11 Å². The summed E-state index contributed by atoms with van der Waals surface area (Å²) in [6.45, 7) is 11.9. The van der Waals surface area contributed by atoms with Gasteiger partial charge in [0.15, 0.2) is 6.79 Å². The van der Waals surface area contributed by atoms with Gasteiger partial charge in [0.05, 0.1) is 17.7 Å². The van der Waals surface area contributed by atoms with Crippen LogP contribution >= 0.6 is 0 Å². The number of fused-ring (bicyclic) bond motifs is 1. The molecule has 0 saturated carbocycles. The molecular weight excluding hydrogens is 432 g/mol. The fourth-order valence-electron chi connectivity index (χ4n) is 4.35. The van der Waals surface area contributed by atoms with Crippen molar-refractivity contribution in [2.24, 2.45) is 0 Å². The molecule has 0 saturated heterocycles. The van der Waals surface area contributed by atoms with E-state index >= 15 is 0 Å². The Kier molecular flexibility index (Phi) is 8.15. The summed E-state index contributed by atoms with van der Waals surface area (Å²) >= 11 is 0. The quantitative estimate of drug-likeness (QED) is 0.197. The molecule has 6 nitrogen and oxygen atoms in total. The number of ether oxygens (including phenoxy) is 4. The van der Waals surface area contributed by atoms with Crippen LogP contribution in [0.3, 0.4) is 0 Å². The summed E-state index contributed by atoms with van der Waals surface area (Å²) in [6.07, 6.45) is 6.75. The Morgan fingerprint density at radius 3 is 2.24 bits per heavy atom. The van der Waals surface area contributed by atoms with Crippen molar-refractivity contribution < 1.29 is 28.5 Å². The second-order valence-electron chi connectivity index (χ2n) is 8.70. The zero-order chi connectivity index (χ0) is 25.0. The summed E-state index contributed by atoms with van der Waals surface area (Å²) < 4.78 is 22.0. The van der Waals surface area contributed by atoms with Crippen LogP contribution in [-0.4, -0.2) is 32.4 Å². The summed E-state index contributed by atoms with van der Waals surface area (Å²) in [5, 5.41) is 0. The van der Waals surface area contributed by atoms with Gasteiger partial charge in [-0.05, 0) is 86.9 Å². The van der Waals surface area contributed by atoms with Gasteiger partial charge in [-0.2, -0.15) is 0 Å². The lowest BCUT2D eigenvalue weighted by Gasteiger charge is -2.21. The second kappa shape index (κ2) is 10.9. The summed E-state index contributed by atoms with van der Waals surface area (Å²) in [5.74, 6) is 0.423. The number of methoxy groups -OCH3 is 1. The summed E-state index contributed by atoms with van der Waals surface area (Å²) in [6, 6.07) is 1.92. The fraction of sp³-hybridized carbons (Fsp3) is 0.429. The molecule has 2 aromatic carbocycles. The van der Waals surface area contributed by atoms with Crippen molar-refractivity contribution in [3.05, 3.63) is 62.2 Å². The van der Waals surface area contributed by atoms with Crippen LogP contribution in [0.25, 0.3) is 6.08 Å². The number of esters is 2. The van der Waals surface area contributed by atoms with Crippen LogP contribution in [0.15, 0.2) is 12.1 Å². The number of hydrogen-bond donors (Lipinski definition) is 0. The van der Waals surface area contributed by atoms with E-state index in [1.54, 1.807) is 0 Å². The van der Waals surface area contributed by atoms with Gasteiger partial charge >= 0.3 is 11.9 Å². The number of aryl methyl sites for hydroxylation is 1.